The van der Waals surface area contributed by atoms with E-state index in [1.807, 2.05) is 27.7 Å². The maximum Gasteiger partial charge on any atom is 0.243 e. The van der Waals surface area contributed by atoms with E-state index in [1.54, 1.807) is 20.0 Å². The molecule has 0 aliphatic carbocycles. The van der Waals surface area contributed by atoms with Crippen molar-refractivity contribution in [1.29, 1.82) is 0 Å². The molecule has 0 aliphatic rings. The van der Waals surface area contributed by atoms with Crippen LogP contribution in [0.15, 0.2) is 17.0 Å². The summed E-state index contributed by atoms with van der Waals surface area (Å²) in [4.78, 5) is 0.151. The lowest BCUT2D eigenvalue weighted by Gasteiger charge is -2.35. The van der Waals surface area contributed by atoms with Crippen LogP contribution in [0.2, 0.25) is 5.02 Å². The number of sulfonamides is 1. The van der Waals surface area contributed by atoms with Crippen LogP contribution in [0.3, 0.4) is 0 Å². The van der Waals surface area contributed by atoms with Crippen molar-refractivity contribution in [3.8, 4) is 0 Å². The highest BCUT2D eigenvalue weighted by Crippen LogP contribution is 2.31. The highest BCUT2D eigenvalue weighted by atomic mass is 35.5. The summed E-state index contributed by atoms with van der Waals surface area (Å²) in [6, 6.07) is 2.85. The Morgan fingerprint density at radius 3 is 2.29 bits per heavy atom. The highest BCUT2D eigenvalue weighted by molar-refractivity contribution is 7.89. The molecule has 1 N–H and O–H groups in total. The van der Waals surface area contributed by atoms with Crippen LogP contribution in [0, 0.1) is 12.3 Å². The fraction of sp³-hybridized carbons (Fsp3) is 0.600. The fourth-order valence-electron chi connectivity index (χ4n) is 2.05. The van der Waals surface area contributed by atoms with Crippen molar-refractivity contribution in [2.45, 2.75) is 52.2 Å². The summed E-state index contributed by atoms with van der Waals surface area (Å²) in [6.07, 6.45) is 0. The zero-order valence-electron chi connectivity index (χ0n) is 13.4. The molecule has 1 rings (SSSR count). The first-order valence-electron chi connectivity index (χ1n) is 6.80. The first kappa shape index (κ1) is 18.4. The van der Waals surface area contributed by atoms with Gasteiger partial charge in [-0.2, -0.15) is 4.31 Å². The molecule has 0 saturated heterocycles. The van der Waals surface area contributed by atoms with Gasteiger partial charge in [-0.3, -0.25) is 0 Å². The Bertz CT molecular complexity index is 621. The van der Waals surface area contributed by atoms with E-state index in [2.05, 4.69) is 0 Å². The second-order valence-corrected chi connectivity index (χ2v) is 8.81. The van der Waals surface area contributed by atoms with Gasteiger partial charge in [0.15, 0.2) is 0 Å². The maximum absolute atomic E-state index is 12.8. The van der Waals surface area contributed by atoms with Crippen molar-refractivity contribution in [2.24, 2.45) is 5.41 Å². The predicted molar refractivity (Wildman–Crippen MR) is 86.0 cm³/mol. The molecule has 4 nitrogen and oxygen atoms in total. The van der Waals surface area contributed by atoms with Crippen molar-refractivity contribution >= 4 is 21.6 Å². The molecule has 1 aromatic carbocycles. The van der Waals surface area contributed by atoms with E-state index in [0.717, 1.165) is 0 Å². The molecule has 0 radical (unpaired) electrons. The van der Waals surface area contributed by atoms with Gasteiger partial charge in [0, 0.05) is 18.1 Å². The van der Waals surface area contributed by atoms with Crippen molar-refractivity contribution < 1.29 is 13.5 Å². The fourth-order valence-corrected chi connectivity index (χ4v) is 4.19. The third-order valence-electron chi connectivity index (χ3n) is 4.06. The van der Waals surface area contributed by atoms with Crippen LogP contribution in [0.4, 0.5) is 0 Å². The first-order valence-corrected chi connectivity index (χ1v) is 8.62. The minimum absolute atomic E-state index is 0.151. The number of benzene rings is 1. The van der Waals surface area contributed by atoms with Crippen molar-refractivity contribution in [2.75, 3.05) is 7.05 Å². The molecule has 0 amide bonds. The van der Waals surface area contributed by atoms with Gasteiger partial charge in [0.05, 0.1) is 11.5 Å². The van der Waals surface area contributed by atoms with E-state index < -0.39 is 10.0 Å². The molecule has 1 atom stereocenters. The number of aliphatic hydroxyl groups is 1. The van der Waals surface area contributed by atoms with E-state index in [-0.39, 0.29) is 23.0 Å². The molecule has 0 spiro atoms. The lowest BCUT2D eigenvalue weighted by Crippen LogP contribution is -2.43. The average molecular weight is 334 g/mol. The van der Waals surface area contributed by atoms with Crippen LogP contribution in [-0.2, 0) is 16.6 Å². The molecule has 0 aromatic heterocycles. The molecular weight excluding hydrogens is 310 g/mol. The SMILES string of the molecule is Cc1c(CO)cc(Cl)cc1S(=O)(=O)N(C)C(C)C(C)(C)C. The second kappa shape index (κ2) is 6.24. The molecule has 1 unspecified atom stereocenters. The van der Waals surface area contributed by atoms with E-state index in [4.69, 9.17) is 11.6 Å². The lowest BCUT2D eigenvalue weighted by atomic mass is 9.88. The zero-order chi connectivity index (χ0) is 16.6. The molecule has 21 heavy (non-hydrogen) atoms. The normalized spacial score (nSPS) is 14.5. The van der Waals surface area contributed by atoms with Gasteiger partial charge in [0.1, 0.15) is 0 Å². The molecule has 0 aliphatic heterocycles. The molecule has 0 fully saturated rings. The Hall–Kier alpha value is -0.620. The van der Waals surface area contributed by atoms with Gasteiger partial charge < -0.3 is 5.11 Å². The Labute approximate surface area is 132 Å². The molecule has 1 aromatic rings. The van der Waals surface area contributed by atoms with E-state index in [9.17, 15) is 13.5 Å². The number of hydrogen-bond donors (Lipinski definition) is 1. The Morgan fingerprint density at radius 1 is 1.33 bits per heavy atom. The van der Waals surface area contributed by atoms with Crippen LogP contribution >= 0.6 is 11.6 Å². The van der Waals surface area contributed by atoms with E-state index in [1.165, 1.54) is 10.4 Å². The van der Waals surface area contributed by atoms with Crippen LogP contribution in [0.1, 0.15) is 38.8 Å². The van der Waals surface area contributed by atoms with Gasteiger partial charge in [0.25, 0.3) is 0 Å². The smallest absolute Gasteiger partial charge is 0.243 e. The third kappa shape index (κ3) is 3.77. The summed E-state index contributed by atoms with van der Waals surface area (Å²) < 4.78 is 27.1. The van der Waals surface area contributed by atoms with Gasteiger partial charge in [-0.1, -0.05) is 32.4 Å². The van der Waals surface area contributed by atoms with Crippen molar-refractivity contribution in [3.63, 3.8) is 0 Å². The van der Waals surface area contributed by atoms with Gasteiger partial charge >= 0.3 is 0 Å². The third-order valence-corrected chi connectivity index (χ3v) is 6.33. The summed E-state index contributed by atoms with van der Waals surface area (Å²) in [5.41, 5.74) is 0.876. The zero-order valence-corrected chi connectivity index (χ0v) is 15.0. The Morgan fingerprint density at radius 2 is 1.86 bits per heavy atom. The largest absolute Gasteiger partial charge is 0.392 e. The van der Waals surface area contributed by atoms with Crippen LogP contribution < -0.4 is 0 Å². The number of rotatable bonds is 4. The predicted octanol–water partition coefficient (Wildman–Crippen LogP) is 3.20. The average Bonchev–Trinajstić information content (AvgIpc) is 2.37. The van der Waals surface area contributed by atoms with Gasteiger partial charge in [-0.15, -0.1) is 0 Å². The number of halogens is 1. The highest BCUT2D eigenvalue weighted by Gasteiger charge is 2.33. The number of nitrogens with zero attached hydrogens (tertiary/aromatic N) is 1. The molecule has 0 saturated carbocycles. The van der Waals surface area contributed by atoms with Gasteiger partial charge in [-0.25, -0.2) is 8.42 Å². The number of aliphatic hydroxyl groups excluding tert-OH is 1. The van der Waals surface area contributed by atoms with Crippen LogP contribution in [0.25, 0.3) is 0 Å². The monoisotopic (exact) mass is 333 g/mol. The Balaban J connectivity index is 3.42. The van der Waals surface area contributed by atoms with Crippen molar-refractivity contribution in [1.82, 2.24) is 4.31 Å². The quantitative estimate of drug-likeness (QED) is 0.920. The second-order valence-electron chi connectivity index (χ2n) is 6.41. The lowest BCUT2D eigenvalue weighted by molar-refractivity contribution is 0.216. The van der Waals surface area contributed by atoms with E-state index in [0.29, 0.717) is 16.1 Å². The van der Waals surface area contributed by atoms with Gasteiger partial charge in [0.2, 0.25) is 10.0 Å². The van der Waals surface area contributed by atoms with E-state index >= 15 is 0 Å². The number of hydrogen-bond acceptors (Lipinski definition) is 3. The standard InChI is InChI=1S/C15H24ClNO3S/c1-10-12(9-18)7-13(16)8-14(10)21(19,20)17(6)11(2)15(3,4)5/h7-8,11,18H,9H2,1-6H3. The molecule has 0 bridgehead atoms. The summed E-state index contributed by atoms with van der Waals surface area (Å²) in [5.74, 6) is 0. The summed E-state index contributed by atoms with van der Waals surface area (Å²) in [5, 5.41) is 9.65. The minimum Gasteiger partial charge on any atom is -0.392 e. The molecule has 0 heterocycles. The minimum atomic E-state index is -3.67. The summed E-state index contributed by atoms with van der Waals surface area (Å²) in [6.45, 7) is 9.30. The van der Waals surface area contributed by atoms with Crippen molar-refractivity contribution in [3.05, 3.63) is 28.3 Å². The first-order chi connectivity index (χ1) is 9.42. The molecule has 120 valence electrons. The molecular formula is C15H24ClNO3S. The van der Waals surface area contributed by atoms with Gasteiger partial charge in [-0.05, 0) is 42.5 Å². The maximum atomic E-state index is 12.8. The molecule has 6 heteroatoms. The topological polar surface area (TPSA) is 57.6 Å². The summed E-state index contributed by atoms with van der Waals surface area (Å²) in [7, 11) is -2.10. The summed E-state index contributed by atoms with van der Waals surface area (Å²) >= 11 is 5.99. The van der Waals surface area contributed by atoms with Crippen LogP contribution in [0.5, 0.6) is 0 Å². The Kier molecular flexibility index (Phi) is 5.48. The van der Waals surface area contributed by atoms with Crippen LogP contribution in [-0.4, -0.2) is 30.9 Å².